The van der Waals surface area contributed by atoms with Gasteiger partial charge in [0.25, 0.3) is 5.69 Å². The van der Waals surface area contributed by atoms with Gasteiger partial charge in [0.15, 0.2) is 5.17 Å². The maximum Gasteiger partial charge on any atom is 0.269 e. The van der Waals surface area contributed by atoms with Crippen LogP contribution in [0.15, 0.2) is 29.3 Å². The first-order valence-corrected chi connectivity index (χ1v) is 8.61. The molecule has 0 aromatic heterocycles. The summed E-state index contributed by atoms with van der Waals surface area (Å²) in [6.45, 7) is 2.69. The minimum absolute atomic E-state index is 0.0138. The Kier molecular flexibility index (Phi) is 4.92. The highest BCUT2D eigenvalue weighted by molar-refractivity contribution is 8.15. The summed E-state index contributed by atoms with van der Waals surface area (Å²) in [5.74, 6) is 0.316. The van der Waals surface area contributed by atoms with Crippen molar-refractivity contribution in [3.8, 4) is 0 Å². The Labute approximate surface area is 138 Å². The molecular formula is C15H18N4O3S. The Balaban J connectivity index is 1.74. The number of carbonyl (C=O) groups is 1. The summed E-state index contributed by atoms with van der Waals surface area (Å²) in [6.07, 6.45) is 3.67. The fraction of sp³-hybridized carbons (Fsp3) is 0.467. The van der Waals surface area contributed by atoms with Gasteiger partial charge >= 0.3 is 0 Å². The van der Waals surface area contributed by atoms with Crippen molar-refractivity contribution in [2.45, 2.75) is 19.3 Å². The molecule has 8 heteroatoms. The molecule has 0 bridgehead atoms. The van der Waals surface area contributed by atoms with Gasteiger partial charge in [-0.05, 0) is 38.1 Å². The highest BCUT2D eigenvalue weighted by Crippen LogP contribution is 2.28. The topological polar surface area (TPSA) is 79.0 Å². The number of amides is 1. The third kappa shape index (κ3) is 3.70. The molecule has 7 nitrogen and oxygen atoms in total. The van der Waals surface area contributed by atoms with E-state index in [1.54, 1.807) is 17.0 Å². The molecule has 0 saturated carbocycles. The summed E-state index contributed by atoms with van der Waals surface area (Å²) in [4.78, 5) is 30.8. The maximum absolute atomic E-state index is 12.1. The van der Waals surface area contributed by atoms with E-state index in [2.05, 4.69) is 9.89 Å². The van der Waals surface area contributed by atoms with E-state index in [9.17, 15) is 14.9 Å². The Bertz CT molecular complexity index is 626. The average molecular weight is 334 g/mol. The normalized spacial score (nSPS) is 21.1. The molecule has 0 unspecified atom stereocenters. The molecule has 0 atom stereocenters. The summed E-state index contributed by atoms with van der Waals surface area (Å²) in [7, 11) is 0. The smallest absolute Gasteiger partial charge is 0.269 e. The molecule has 1 amide bonds. The molecule has 2 saturated heterocycles. The van der Waals surface area contributed by atoms with E-state index >= 15 is 0 Å². The number of likely N-dealkylation sites (tertiary alicyclic amines) is 1. The first-order chi connectivity index (χ1) is 11.1. The molecule has 0 spiro atoms. The second-order valence-electron chi connectivity index (χ2n) is 5.55. The van der Waals surface area contributed by atoms with Gasteiger partial charge in [-0.25, -0.2) is 4.99 Å². The van der Waals surface area contributed by atoms with Crippen molar-refractivity contribution in [1.29, 1.82) is 0 Å². The first-order valence-electron chi connectivity index (χ1n) is 7.62. The number of carbonyl (C=O) groups excluding carboxylic acids is 1. The van der Waals surface area contributed by atoms with Gasteiger partial charge < -0.3 is 0 Å². The third-order valence-electron chi connectivity index (χ3n) is 3.94. The van der Waals surface area contributed by atoms with Gasteiger partial charge in [0.1, 0.15) is 0 Å². The zero-order valence-electron chi connectivity index (χ0n) is 12.7. The lowest BCUT2D eigenvalue weighted by Gasteiger charge is -2.25. The number of piperidine rings is 1. The van der Waals surface area contributed by atoms with Gasteiger partial charge in [0, 0.05) is 12.1 Å². The molecule has 1 aromatic carbocycles. The van der Waals surface area contributed by atoms with Crippen molar-refractivity contribution >= 4 is 34.2 Å². The van der Waals surface area contributed by atoms with E-state index in [-0.39, 0.29) is 11.6 Å². The number of amidine groups is 1. The van der Waals surface area contributed by atoms with Gasteiger partial charge in [-0.1, -0.05) is 18.2 Å². The highest BCUT2D eigenvalue weighted by atomic mass is 32.2. The lowest BCUT2D eigenvalue weighted by molar-refractivity contribution is -0.384. The van der Waals surface area contributed by atoms with E-state index in [1.807, 2.05) is 0 Å². The number of nitro benzene ring substituents is 1. The number of nitrogens with zero attached hydrogens (tertiary/aromatic N) is 4. The largest absolute Gasteiger partial charge is 0.284 e. The van der Waals surface area contributed by atoms with Crippen molar-refractivity contribution in [3.05, 3.63) is 34.4 Å². The summed E-state index contributed by atoms with van der Waals surface area (Å²) < 4.78 is 0. The van der Waals surface area contributed by atoms with Gasteiger partial charge in [-0.3, -0.25) is 24.7 Å². The van der Waals surface area contributed by atoms with Crippen LogP contribution < -0.4 is 4.90 Å². The van der Waals surface area contributed by atoms with Crippen molar-refractivity contribution < 1.29 is 9.72 Å². The monoisotopic (exact) mass is 334 g/mol. The quantitative estimate of drug-likeness (QED) is 0.624. The minimum Gasteiger partial charge on any atom is -0.284 e. The lowest BCUT2D eigenvalue weighted by atomic mass is 10.1. The number of anilines is 1. The predicted octanol–water partition coefficient (Wildman–Crippen LogP) is 2.47. The molecule has 23 heavy (non-hydrogen) atoms. The third-order valence-corrected chi connectivity index (χ3v) is 4.90. The average Bonchev–Trinajstić information content (AvgIpc) is 2.95. The Morgan fingerprint density at radius 3 is 2.52 bits per heavy atom. The number of benzene rings is 1. The summed E-state index contributed by atoms with van der Waals surface area (Å²) >= 11 is 1.42. The molecular weight excluding hydrogens is 316 g/mol. The van der Waals surface area contributed by atoms with Crippen molar-refractivity contribution in [3.63, 3.8) is 0 Å². The molecule has 2 aliphatic rings. The molecule has 122 valence electrons. The number of hydrogen-bond donors (Lipinski definition) is 0. The second-order valence-corrected chi connectivity index (χ2v) is 6.49. The van der Waals surface area contributed by atoms with Gasteiger partial charge in [-0.2, -0.15) is 0 Å². The molecule has 2 heterocycles. The van der Waals surface area contributed by atoms with Gasteiger partial charge in [-0.15, -0.1) is 0 Å². The number of hydrogen-bond acceptors (Lipinski definition) is 6. The van der Waals surface area contributed by atoms with E-state index < -0.39 is 4.92 Å². The van der Waals surface area contributed by atoms with Crippen molar-refractivity contribution in [2.75, 3.05) is 30.4 Å². The van der Waals surface area contributed by atoms with Crippen LogP contribution in [-0.4, -0.2) is 46.4 Å². The fourth-order valence-electron chi connectivity index (χ4n) is 2.72. The molecule has 0 aliphatic carbocycles. The number of thioether (sulfide) groups is 1. The van der Waals surface area contributed by atoms with Gasteiger partial charge in [0.05, 0.1) is 23.0 Å². The first kappa shape index (κ1) is 15.9. The minimum atomic E-state index is -0.449. The molecule has 2 aliphatic heterocycles. The number of rotatable bonds is 4. The molecule has 2 fully saturated rings. The SMILES string of the molecule is O=C1CS/C(=N\CN2CCCCC2)N1c1ccc([N+](=O)[O-])cc1. The fourth-order valence-corrected chi connectivity index (χ4v) is 3.58. The zero-order chi connectivity index (χ0) is 16.2. The standard InChI is InChI=1S/C15H18N4O3S/c20-14-10-23-15(16-11-17-8-2-1-3-9-17)18(14)12-4-6-13(7-5-12)19(21)22/h4-7H,1-3,8-11H2/b16-15-. The number of aliphatic imine (C=N–C) groups is 1. The summed E-state index contributed by atoms with van der Waals surface area (Å²) in [5.41, 5.74) is 0.642. The molecule has 0 radical (unpaired) electrons. The van der Waals surface area contributed by atoms with Crippen LogP contribution in [0.3, 0.4) is 0 Å². The lowest BCUT2D eigenvalue weighted by Crippen LogP contribution is -2.33. The zero-order valence-corrected chi connectivity index (χ0v) is 13.5. The van der Waals surface area contributed by atoms with E-state index in [1.165, 1.54) is 43.2 Å². The van der Waals surface area contributed by atoms with Gasteiger partial charge in [0.2, 0.25) is 5.91 Å². The van der Waals surface area contributed by atoms with Crippen LogP contribution in [0.1, 0.15) is 19.3 Å². The van der Waals surface area contributed by atoms with Crippen LogP contribution in [0.25, 0.3) is 0 Å². The Morgan fingerprint density at radius 2 is 1.87 bits per heavy atom. The number of nitro groups is 1. The molecule has 3 rings (SSSR count). The Hall–Kier alpha value is -1.93. The van der Waals surface area contributed by atoms with Crippen LogP contribution in [0.5, 0.6) is 0 Å². The van der Waals surface area contributed by atoms with Crippen molar-refractivity contribution in [1.82, 2.24) is 4.90 Å². The van der Waals surface area contributed by atoms with Crippen LogP contribution in [0, 0.1) is 10.1 Å². The molecule has 0 N–H and O–H groups in total. The van der Waals surface area contributed by atoms with Crippen molar-refractivity contribution in [2.24, 2.45) is 4.99 Å². The van der Waals surface area contributed by atoms with Crippen LogP contribution in [0.4, 0.5) is 11.4 Å². The molecule has 1 aromatic rings. The summed E-state index contributed by atoms with van der Waals surface area (Å²) in [5, 5.41) is 11.4. The maximum atomic E-state index is 12.1. The van der Waals surface area contributed by atoms with E-state index in [0.717, 1.165) is 13.1 Å². The Morgan fingerprint density at radius 1 is 1.17 bits per heavy atom. The van der Waals surface area contributed by atoms with E-state index in [4.69, 9.17) is 0 Å². The highest BCUT2D eigenvalue weighted by Gasteiger charge is 2.30. The summed E-state index contributed by atoms with van der Waals surface area (Å²) in [6, 6.07) is 6.01. The predicted molar refractivity (Wildman–Crippen MR) is 90.8 cm³/mol. The van der Waals surface area contributed by atoms with Crippen LogP contribution >= 0.6 is 11.8 Å². The van der Waals surface area contributed by atoms with Crippen LogP contribution in [0.2, 0.25) is 0 Å². The number of non-ortho nitro benzene ring substituents is 1. The second kappa shape index (κ2) is 7.10. The van der Waals surface area contributed by atoms with Crippen LogP contribution in [-0.2, 0) is 4.79 Å². The van der Waals surface area contributed by atoms with E-state index in [0.29, 0.717) is 23.3 Å².